The molecule has 4 rings (SSSR count). The van der Waals surface area contributed by atoms with E-state index in [0.717, 1.165) is 5.56 Å². The molecule has 1 N–H and O–H groups in total. The van der Waals surface area contributed by atoms with E-state index >= 15 is 0 Å². The van der Waals surface area contributed by atoms with Crippen LogP contribution in [-0.4, -0.2) is 41.3 Å². The lowest BCUT2D eigenvalue weighted by Crippen LogP contribution is -2.22. The Labute approximate surface area is 203 Å². The van der Waals surface area contributed by atoms with Gasteiger partial charge < -0.3 is 19.5 Å². The Kier molecular flexibility index (Phi) is 6.99. The van der Waals surface area contributed by atoms with Crippen molar-refractivity contribution in [2.24, 2.45) is 0 Å². The number of nitrogens with one attached hydrogen (secondary N) is 1. The molecule has 34 heavy (non-hydrogen) atoms. The molecule has 0 aliphatic heterocycles. The van der Waals surface area contributed by atoms with Crippen molar-refractivity contribution in [3.05, 3.63) is 68.5 Å². The summed E-state index contributed by atoms with van der Waals surface area (Å²) in [5.41, 5.74) is 0.860. The van der Waals surface area contributed by atoms with Crippen molar-refractivity contribution >= 4 is 45.6 Å². The lowest BCUT2D eigenvalue weighted by atomic mass is 10.1. The van der Waals surface area contributed by atoms with Gasteiger partial charge in [-0.05, 0) is 25.1 Å². The number of carbonyl (C=O) groups is 1. The van der Waals surface area contributed by atoms with Crippen LogP contribution in [0, 0.1) is 0 Å². The van der Waals surface area contributed by atoms with Crippen molar-refractivity contribution in [2.45, 2.75) is 13.5 Å². The molecular weight excluding hydrogens is 480 g/mol. The molecule has 0 aliphatic carbocycles. The SMILES string of the molecule is CCOC(=O)c1cn(-c2nccs2)c2nc(Cl)cc(NCc3ccc(OC)cc3OC)c2c1=O. The van der Waals surface area contributed by atoms with Gasteiger partial charge >= 0.3 is 5.97 Å². The van der Waals surface area contributed by atoms with E-state index in [2.05, 4.69) is 15.3 Å². The minimum absolute atomic E-state index is 0.126. The maximum Gasteiger partial charge on any atom is 0.343 e. The van der Waals surface area contributed by atoms with Crippen LogP contribution >= 0.6 is 22.9 Å². The molecule has 0 unspecified atom stereocenters. The number of esters is 1. The highest BCUT2D eigenvalue weighted by Crippen LogP contribution is 2.29. The summed E-state index contributed by atoms with van der Waals surface area (Å²) in [4.78, 5) is 34.7. The lowest BCUT2D eigenvalue weighted by molar-refractivity contribution is 0.0524. The number of anilines is 1. The second-order valence-corrected chi connectivity index (χ2v) is 8.26. The molecule has 0 bridgehead atoms. The van der Waals surface area contributed by atoms with E-state index in [9.17, 15) is 9.59 Å². The number of benzene rings is 1. The first kappa shape index (κ1) is 23.5. The third kappa shape index (κ3) is 4.55. The van der Waals surface area contributed by atoms with E-state index in [4.69, 9.17) is 25.8 Å². The first-order valence-electron chi connectivity index (χ1n) is 10.2. The molecule has 1 aromatic carbocycles. The van der Waals surface area contributed by atoms with Crippen LogP contribution in [0.1, 0.15) is 22.8 Å². The monoisotopic (exact) mass is 500 g/mol. The maximum absolute atomic E-state index is 13.4. The Morgan fingerprint density at radius 2 is 2.06 bits per heavy atom. The van der Waals surface area contributed by atoms with Gasteiger partial charge in [-0.3, -0.25) is 9.36 Å². The summed E-state index contributed by atoms with van der Waals surface area (Å²) in [6, 6.07) is 6.98. The van der Waals surface area contributed by atoms with Crippen molar-refractivity contribution in [1.82, 2.24) is 14.5 Å². The van der Waals surface area contributed by atoms with Crippen LogP contribution in [-0.2, 0) is 11.3 Å². The van der Waals surface area contributed by atoms with E-state index in [0.29, 0.717) is 28.9 Å². The molecule has 176 valence electrons. The zero-order chi connectivity index (χ0) is 24.2. The highest BCUT2D eigenvalue weighted by molar-refractivity contribution is 7.12. The van der Waals surface area contributed by atoms with E-state index < -0.39 is 11.4 Å². The molecule has 11 heteroatoms. The van der Waals surface area contributed by atoms with Crippen LogP contribution in [0.5, 0.6) is 11.5 Å². The van der Waals surface area contributed by atoms with Crippen molar-refractivity contribution in [1.29, 1.82) is 0 Å². The molecular formula is C23H21ClN4O5S. The van der Waals surface area contributed by atoms with Crippen molar-refractivity contribution in [2.75, 3.05) is 26.1 Å². The molecule has 0 spiro atoms. The van der Waals surface area contributed by atoms with Crippen LogP contribution in [0.4, 0.5) is 5.69 Å². The summed E-state index contributed by atoms with van der Waals surface area (Å²) < 4.78 is 17.4. The topological polar surface area (TPSA) is 105 Å². The maximum atomic E-state index is 13.4. The number of carbonyl (C=O) groups excluding carboxylic acids is 1. The molecule has 0 amide bonds. The largest absolute Gasteiger partial charge is 0.497 e. The number of hydrogen-bond acceptors (Lipinski definition) is 9. The predicted molar refractivity (Wildman–Crippen MR) is 131 cm³/mol. The molecule has 0 saturated carbocycles. The van der Waals surface area contributed by atoms with Crippen LogP contribution in [0.25, 0.3) is 16.2 Å². The highest BCUT2D eigenvalue weighted by Gasteiger charge is 2.22. The second kappa shape index (κ2) is 10.1. The standard InChI is InChI=1S/C23H21ClN4O5S/c1-4-33-22(30)15-12-28(23-25-7-8-34-23)21-19(20(15)29)16(10-18(24)27-21)26-11-13-5-6-14(31-2)9-17(13)32-3/h5-10,12H,4,11H2,1-3H3,(H,26,27). The third-order valence-corrected chi connectivity index (χ3v) is 5.98. The normalized spacial score (nSPS) is 10.8. The van der Waals surface area contributed by atoms with Gasteiger partial charge in [-0.1, -0.05) is 11.6 Å². The molecule has 0 atom stereocenters. The number of halogens is 1. The van der Waals surface area contributed by atoms with E-state index in [-0.39, 0.29) is 28.4 Å². The van der Waals surface area contributed by atoms with Crippen LogP contribution in [0.15, 0.2) is 46.8 Å². The molecule has 0 radical (unpaired) electrons. The fraction of sp³-hybridized carbons (Fsp3) is 0.217. The van der Waals surface area contributed by atoms with Gasteiger partial charge in [-0.15, -0.1) is 11.3 Å². The summed E-state index contributed by atoms with van der Waals surface area (Å²) in [7, 11) is 3.14. The Bertz CT molecular complexity index is 1410. The Morgan fingerprint density at radius 3 is 2.74 bits per heavy atom. The Balaban J connectivity index is 1.87. The first-order valence-corrected chi connectivity index (χ1v) is 11.5. The van der Waals surface area contributed by atoms with Crippen LogP contribution in [0.2, 0.25) is 5.15 Å². The number of pyridine rings is 2. The van der Waals surface area contributed by atoms with E-state index in [1.807, 2.05) is 12.1 Å². The number of hydrogen-bond donors (Lipinski definition) is 1. The molecule has 0 fully saturated rings. The zero-order valence-corrected chi connectivity index (χ0v) is 20.2. The van der Waals surface area contributed by atoms with Crippen LogP contribution < -0.4 is 20.2 Å². The number of nitrogens with zero attached hydrogens (tertiary/aromatic N) is 3. The number of thiazole rings is 1. The Hall–Kier alpha value is -3.63. The number of methoxy groups -OCH3 is 2. The van der Waals surface area contributed by atoms with Crippen molar-refractivity contribution < 1.29 is 19.0 Å². The quantitative estimate of drug-likeness (QED) is 0.282. The fourth-order valence-corrected chi connectivity index (χ4v) is 4.25. The molecule has 9 nitrogen and oxygen atoms in total. The second-order valence-electron chi connectivity index (χ2n) is 7.00. The molecule has 4 aromatic rings. The number of fused-ring (bicyclic) bond motifs is 1. The summed E-state index contributed by atoms with van der Waals surface area (Å²) >= 11 is 7.65. The number of aromatic nitrogens is 3. The van der Waals surface area contributed by atoms with Gasteiger partial charge in [0.2, 0.25) is 5.43 Å². The van der Waals surface area contributed by atoms with Crippen molar-refractivity contribution in [3.63, 3.8) is 0 Å². The van der Waals surface area contributed by atoms with Gasteiger partial charge in [0, 0.05) is 35.9 Å². The highest BCUT2D eigenvalue weighted by atomic mass is 35.5. The average molecular weight is 501 g/mol. The smallest absolute Gasteiger partial charge is 0.343 e. The van der Waals surface area contributed by atoms with Gasteiger partial charge in [0.05, 0.1) is 31.9 Å². The van der Waals surface area contributed by atoms with Gasteiger partial charge in [0.15, 0.2) is 10.8 Å². The summed E-state index contributed by atoms with van der Waals surface area (Å²) in [5, 5.41) is 5.91. The van der Waals surface area contributed by atoms with Gasteiger partial charge in [-0.2, -0.15) is 0 Å². The van der Waals surface area contributed by atoms with E-state index in [1.54, 1.807) is 49.4 Å². The third-order valence-electron chi connectivity index (χ3n) is 5.01. The van der Waals surface area contributed by atoms with Gasteiger partial charge in [0.1, 0.15) is 22.2 Å². The van der Waals surface area contributed by atoms with Crippen LogP contribution in [0.3, 0.4) is 0 Å². The average Bonchev–Trinajstić information content (AvgIpc) is 3.37. The molecule has 3 heterocycles. The van der Waals surface area contributed by atoms with E-state index in [1.165, 1.54) is 17.5 Å². The minimum Gasteiger partial charge on any atom is -0.497 e. The molecule has 3 aromatic heterocycles. The van der Waals surface area contributed by atoms with Crippen molar-refractivity contribution in [3.8, 4) is 16.6 Å². The number of ether oxygens (including phenoxy) is 3. The lowest BCUT2D eigenvalue weighted by Gasteiger charge is -2.16. The number of rotatable bonds is 8. The summed E-state index contributed by atoms with van der Waals surface area (Å²) in [6.45, 7) is 2.12. The Morgan fingerprint density at radius 1 is 1.24 bits per heavy atom. The summed E-state index contributed by atoms with van der Waals surface area (Å²) in [5.74, 6) is 0.546. The zero-order valence-electron chi connectivity index (χ0n) is 18.6. The first-order chi connectivity index (χ1) is 16.5. The molecule has 0 aliphatic rings. The summed E-state index contributed by atoms with van der Waals surface area (Å²) in [6.07, 6.45) is 3.01. The minimum atomic E-state index is -0.725. The van der Waals surface area contributed by atoms with Gasteiger partial charge in [-0.25, -0.2) is 14.8 Å². The predicted octanol–water partition coefficient (Wildman–Crippen LogP) is 4.30. The fourth-order valence-electron chi connectivity index (χ4n) is 3.45. The van der Waals surface area contributed by atoms with Gasteiger partial charge in [0.25, 0.3) is 0 Å². The molecule has 0 saturated heterocycles.